The van der Waals surface area contributed by atoms with Gasteiger partial charge < -0.3 is 9.22 Å². The molecule has 0 spiro atoms. The van der Waals surface area contributed by atoms with Gasteiger partial charge >= 0.3 is 5.97 Å². The molecule has 0 aromatic rings. The summed E-state index contributed by atoms with van der Waals surface area (Å²) >= 11 is 0. The molecule has 0 aromatic heterocycles. The van der Waals surface area contributed by atoms with Crippen LogP contribution < -0.4 is 0 Å². The first-order valence-corrected chi connectivity index (χ1v) is 9.60. The molecule has 0 aliphatic heterocycles. The van der Waals surface area contributed by atoms with E-state index in [2.05, 4.69) is 20.8 Å². The van der Waals surface area contributed by atoms with Gasteiger partial charge in [0.2, 0.25) is 5.78 Å². The van der Waals surface area contributed by atoms with E-state index < -0.39 is 11.8 Å². The van der Waals surface area contributed by atoms with Crippen molar-refractivity contribution in [3.05, 3.63) is 0 Å². The van der Waals surface area contributed by atoms with Gasteiger partial charge in [-0.1, -0.05) is 47.0 Å². The lowest BCUT2D eigenvalue weighted by Crippen LogP contribution is -2.51. The Kier molecular flexibility index (Phi) is 13.0. The van der Waals surface area contributed by atoms with Crippen molar-refractivity contribution in [1.82, 2.24) is 0 Å². The first-order chi connectivity index (χ1) is 11.0. The maximum Gasteiger partial charge on any atom is 0.374 e. The molecule has 0 aromatic carbocycles. The third-order valence-corrected chi connectivity index (χ3v) is 4.52. The SMILES string of the molecule is CCCC[N+](CCCC)(CCCC)CCCOC(=O)C(=O)CC. The van der Waals surface area contributed by atoms with Crippen molar-refractivity contribution in [3.63, 3.8) is 0 Å². The lowest BCUT2D eigenvalue weighted by molar-refractivity contribution is -0.929. The van der Waals surface area contributed by atoms with Gasteiger partial charge in [-0.3, -0.25) is 4.79 Å². The predicted molar refractivity (Wildman–Crippen MR) is 95.3 cm³/mol. The predicted octanol–water partition coefficient (Wildman–Crippen LogP) is 4.12. The van der Waals surface area contributed by atoms with Gasteiger partial charge in [0.05, 0.1) is 32.8 Å². The topological polar surface area (TPSA) is 43.4 Å². The van der Waals surface area contributed by atoms with E-state index in [1.54, 1.807) is 6.92 Å². The second kappa shape index (κ2) is 13.5. The number of Topliss-reactive ketones (excluding diaryl/α,β-unsaturated/α-hetero) is 1. The van der Waals surface area contributed by atoms with Crippen LogP contribution in [0.5, 0.6) is 0 Å². The molecule has 0 rings (SSSR count). The van der Waals surface area contributed by atoms with Crippen LogP contribution in [0.25, 0.3) is 0 Å². The number of carbonyl (C=O) groups excluding carboxylic acids is 2. The van der Waals surface area contributed by atoms with Gasteiger partial charge in [0.1, 0.15) is 0 Å². The van der Waals surface area contributed by atoms with E-state index in [0.29, 0.717) is 6.61 Å². The van der Waals surface area contributed by atoms with E-state index in [1.165, 1.54) is 58.2 Å². The van der Waals surface area contributed by atoms with Crippen LogP contribution in [0.1, 0.15) is 79.1 Å². The number of ketones is 1. The third-order valence-electron chi connectivity index (χ3n) is 4.52. The van der Waals surface area contributed by atoms with Gasteiger partial charge in [0.15, 0.2) is 0 Å². The standard InChI is InChI=1S/C19H38NO3/c1-5-9-13-20(14-10-6-2,15-11-7-3)16-12-17-23-19(22)18(21)8-4/h5-17H2,1-4H3/q+1. The molecular formula is C19H38NO3+. The highest BCUT2D eigenvalue weighted by molar-refractivity contribution is 6.33. The Bertz CT molecular complexity index is 307. The molecule has 0 bridgehead atoms. The Morgan fingerprint density at radius 2 is 1.17 bits per heavy atom. The van der Waals surface area contributed by atoms with Gasteiger partial charge in [-0.25, -0.2) is 4.79 Å². The highest BCUT2D eigenvalue weighted by atomic mass is 16.5. The molecule has 0 atom stereocenters. The summed E-state index contributed by atoms with van der Waals surface area (Å²) in [7, 11) is 0. The summed E-state index contributed by atoms with van der Waals surface area (Å²) in [6, 6.07) is 0. The van der Waals surface area contributed by atoms with Crippen molar-refractivity contribution >= 4 is 11.8 Å². The van der Waals surface area contributed by atoms with Crippen LogP contribution in [-0.2, 0) is 14.3 Å². The molecule has 0 N–H and O–H groups in total. The monoisotopic (exact) mass is 328 g/mol. The maximum absolute atomic E-state index is 11.4. The molecule has 0 fully saturated rings. The van der Waals surface area contributed by atoms with Crippen LogP contribution in [-0.4, -0.2) is 49.0 Å². The molecule has 0 heterocycles. The molecule has 0 saturated carbocycles. The zero-order chi connectivity index (χ0) is 17.6. The molecule has 0 saturated heterocycles. The molecule has 0 aliphatic rings. The number of hydrogen-bond donors (Lipinski definition) is 0. The molecular weight excluding hydrogens is 290 g/mol. The minimum atomic E-state index is -0.665. The smallest absolute Gasteiger partial charge is 0.374 e. The first kappa shape index (κ1) is 22.1. The molecule has 0 unspecified atom stereocenters. The van der Waals surface area contributed by atoms with Gasteiger partial charge in [-0.05, 0) is 19.3 Å². The highest BCUT2D eigenvalue weighted by Gasteiger charge is 2.25. The van der Waals surface area contributed by atoms with Crippen molar-refractivity contribution in [3.8, 4) is 0 Å². The van der Waals surface area contributed by atoms with Crippen LogP contribution in [0.3, 0.4) is 0 Å². The van der Waals surface area contributed by atoms with Gasteiger partial charge in [-0.15, -0.1) is 0 Å². The second-order valence-corrected chi connectivity index (χ2v) is 6.56. The Labute approximate surface area is 143 Å². The third kappa shape index (κ3) is 9.75. The number of quaternary nitrogens is 1. The first-order valence-electron chi connectivity index (χ1n) is 9.60. The number of carbonyl (C=O) groups is 2. The molecule has 0 aliphatic carbocycles. The van der Waals surface area contributed by atoms with E-state index in [-0.39, 0.29) is 6.42 Å². The Morgan fingerprint density at radius 3 is 1.57 bits per heavy atom. The number of esters is 1. The van der Waals surface area contributed by atoms with Gasteiger partial charge in [-0.2, -0.15) is 0 Å². The van der Waals surface area contributed by atoms with Crippen molar-refractivity contribution < 1.29 is 18.8 Å². The minimum absolute atomic E-state index is 0.225. The Hall–Kier alpha value is -0.900. The van der Waals surface area contributed by atoms with Crippen LogP contribution in [0, 0.1) is 0 Å². The summed E-state index contributed by atoms with van der Waals surface area (Å²) in [5, 5.41) is 0. The molecule has 4 heteroatoms. The minimum Gasteiger partial charge on any atom is -0.460 e. The lowest BCUT2D eigenvalue weighted by Gasteiger charge is -2.39. The van der Waals surface area contributed by atoms with Gasteiger partial charge in [0, 0.05) is 12.8 Å². The fourth-order valence-electron chi connectivity index (χ4n) is 2.94. The second-order valence-electron chi connectivity index (χ2n) is 6.56. The number of ether oxygens (including phenoxy) is 1. The summed E-state index contributed by atoms with van der Waals surface area (Å²) in [6.45, 7) is 13.5. The number of rotatable bonds is 15. The van der Waals surface area contributed by atoms with E-state index in [4.69, 9.17) is 4.74 Å². The number of unbranched alkanes of at least 4 members (excludes halogenated alkanes) is 3. The summed E-state index contributed by atoms with van der Waals surface area (Å²) < 4.78 is 6.25. The molecule has 23 heavy (non-hydrogen) atoms. The van der Waals surface area contributed by atoms with Crippen LogP contribution in [0.15, 0.2) is 0 Å². The van der Waals surface area contributed by atoms with Crippen LogP contribution in [0.2, 0.25) is 0 Å². The zero-order valence-corrected chi connectivity index (χ0v) is 15.9. The van der Waals surface area contributed by atoms with Gasteiger partial charge in [0.25, 0.3) is 0 Å². The van der Waals surface area contributed by atoms with E-state index in [9.17, 15) is 9.59 Å². The van der Waals surface area contributed by atoms with Crippen molar-refractivity contribution in [2.24, 2.45) is 0 Å². The summed E-state index contributed by atoms with van der Waals surface area (Å²) in [4.78, 5) is 22.7. The quantitative estimate of drug-likeness (QED) is 0.197. The van der Waals surface area contributed by atoms with E-state index in [1.807, 2.05) is 0 Å². The van der Waals surface area contributed by atoms with Crippen molar-refractivity contribution in [2.45, 2.75) is 79.1 Å². The summed E-state index contributed by atoms with van der Waals surface area (Å²) in [5.41, 5.74) is 0. The molecule has 0 radical (unpaired) electrons. The van der Waals surface area contributed by atoms with Crippen molar-refractivity contribution in [2.75, 3.05) is 32.8 Å². The zero-order valence-electron chi connectivity index (χ0n) is 15.9. The fraction of sp³-hybridized carbons (Fsp3) is 0.895. The maximum atomic E-state index is 11.4. The van der Waals surface area contributed by atoms with Crippen LogP contribution >= 0.6 is 0 Å². The average molecular weight is 329 g/mol. The Balaban J connectivity index is 4.51. The number of hydrogen-bond acceptors (Lipinski definition) is 3. The number of nitrogens with zero attached hydrogens (tertiary/aromatic N) is 1. The molecule has 0 amide bonds. The fourth-order valence-corrected chi connectivity index (χ4v) is 2.94. The van der Waals surface area contributed by atoms with Crippen LogP contribution in [0.4, 0.5) is 0 Å². The molecule has 136 valence electrons. The van der Waals surface area contributed by atoms with Crippen molar-refractivity contribution in [1.29, 1.82) is 0 Å². The van der Waals surface area contributed by atoms with E-state index in [0.717, 1.165) is 17.4 Å². The van der Waals surface area contributed by atoms with E-state index >= 15 is 0 Å². The average Bonchev–Trinajstić information content (AvgIpc) is 2.58. The summed E-state index contributed by atoms with van der Waals surface area (Å²) in [5.74, 6) is -1.09. The largest absolute Gasteiger partial charge is 0.460 e. The lowest BCUT2D eigenvalue weighted by atomic mass is 10.1. The normalized spacial score (nSPS) is 11.5. The summed E-state index contributed by atoms with van der Waals surface area (Å²) in [6.07, 6.45) is 8.49. The molecule has 4 nitrogen and oxygen atoms in total. The Morgan fingerprint density at radius 1 is 0.739 bits per heavy atom. The highest BCUT2D eigenvalue weighted by Crippen LogP contribution is 2.16.